The fourth-order valence-corrected chi connectivity index (χ4v) is 3.07. The molecule has 1 heterocycles. The zero-order valence-electron chi connectivity index (χ0n) is 8.34. The molecule has 12 heavy (non-hydrogen) atoms. The smallest absolute Gasteiger partial charge is 0.0652 e. The average Bonchev–Trinajstić information content (AvgIpc) is 2.33. The number of aliphatic imine (C=N–C) groups is 1. The molecule has 0 saturated heterocycles. The van der Waals surface area contributed by atoms with Gasteiger partial charge in [-0.15, -0.1) is 11.8 Å². The molecule has 1 aliphatic rings. The van der Waals surface area contributed by atoms with Gasteiger partial charge in [0.15, 0.2) is 0 Å². The quantitative estimate of drug-likeness (QED) is 0.653. The van der Waals surface area contributed by atoms with E-state index in [2.05, 4.69) is 25.8 Å². The Labute approximate surface area is 80.0 Å². The Balaban J connectivity index is 2.43. The van der Waals surface area contributed by atoms with Gasteiger partial charge in [-0.2, -0.15) is 0 Å². The van der Waals surface area contributed by atoms with Crippen molar-refractivity contribution in [3.63, 3.8) is 0 Å². The van der Waals surface area contributed by atoms with Crippen LogP contribution in [0.5, 0.6) is 0 Å². The normalized spacial score (nSPS) is 29.1. The van der Waals surface area contributed by atoms with Gasteiger partial charge in [-0.1, -0.05) is 26.7 Å². The summed E-state index contributed by atoms with van der Waals surface area (Å²) in [4.78, 5) is 4.66. The highest BCUT2D eigenvalue weighted by Crippen LogP contribution is 2.32. The van der Waals surface area contributed by atoms with Crippen LogP contribution >= 0.6 is 11.8 Å². The molecule has 1 aliphatic heterocycles. The molecule has 1 nitrogen and oxygen atoms in total. The molecule has 2 heteroatoms. The Kier molecular flexibility index (Phi) is 4.13. The maximum absolute atomic E-state index is 4.66. The predicted octanol–water partition coefficient (Wildman–Crippen LogP) is 3.49. The van der Waals surface area contributed by atoms with Crippen molar-refractivity contribution in [2.24, 2.45) is 4.99 Å². The summed E-state index contributed by atoms with van der Waals surface area (Å²) in [6.07, 6.45) is 5.16. The van der Waals surface area contributed by atoms with Crippen LogP contribution in [0.2, 0.25) is 0 Å². The third-order valence-corrected chi connectivity index (χ3v) is 3.56. The standard InChI is InChI=1S/C10H19NS/c1-4-6-9-10(7-5-2)12-8(3)11-9/h9-10H,4-7H2,1-3H3/t9-,10-/m1/s1. The molecule has 2 atom stereocenters. The number of rotatable bonds is 4. The first-order valence-corrected chi connectivity index (χ1v) is 5.87. The van der Waals surface area contributed by atoms with Crippen LogP contribution in [-0.2, 0) is 0 Å². The van der Waals surface area contributed by atoms with Crippen molar-refractivity contribution >= 4 is 16.8 Å². The van der Waals surface area contributed by atoms with E-state index in [-0.39, 0.29) is 0 Å². The van der Waals surface area contributed by atoms with Gasteiger partial charge >= 0.3 is 0 Å². The van der Waals surface area contributed by atoms with Crippen LogP contribution in [0, 0.1) is 0 Å². The summed E-state index contributed by atoms with van der Waals surface area (Å²) in [5.74, 6) is 0. The van der Waals surface area contributed by atoms with Crippen molar-refractivity contribution in [1.82, 2.24) is 0 Å². The molecule has 0 aromatic heterocycles. The van der Waals surface area contributed by atoms with Gasteiger partial charge < -0.3 is 0 Å². The lowest BCUT2D eigenvalue weighted by molar-refractivity contribution is 0.560. The second-order valence-corrected chi connectivity index (χ2v) is 4.88. The van der Waals surface area contributed by atoms with Crippen molar-refractivity contribution in [1.29, 1.82) is 0 Å². The van der Waals surface area contributed by atoms with Gasteiger partial charge in [-0.05, 0) is 19.8 Å². The monoisotopic (exact) mass is 185 g/mol. The van der Waals surface area contributed by atoms with Crippen LogP contribution < -0.4 is 0 Å². The van der Waals surface area contributed by atoms with E-state index in [4.69, 9.17) is 0 Å². The summed E-state index contributed by atoms with van der Waals surface area (Å²) >= 11 is 1.99. The van der Waals surface area contributed by atoms with Crippen molar-refractivity contribution in [3.05, 3.63) is 0 Å². The highest BCUT2D eigenvalue weighted by Gasteiger charge is 2.26. The maximum Gasteiger partial charge on any atom is 0.0652 e. The van der Waals surface area contributed by atoms with E-state index in [1.54, 1.807) is 0 Å². The summed E-state index contributed by atoms with van der Waals surface area (Å²) in [5, 5.41) is 2.09. The van der Waals surface area contributed by atoms with E-state index >= 15 is 0 Å². The fourth-order valence-electron chi connectivity index (χ4n) is 1.73. The molecule has 0 aromatic rings. The van der Waals surface area contributed by atoms with Gasteiger partial charge in [-0.25, -0.2) is 0 Å². The van der Waals surface area contributed by atoms with E-state index in [9.17, 15) is 0 Å². The molecular weight excluding hydrogens is 166 g/mol. The molecule has 0 aliphatic carbocycles. The Hall–Kier alpha value is 0.0200. The number of hydrogen-bond donors (Lipinski definition) is 0. The summed E-state index contributed by atoms with van der Waals surface area (Å²) in [5.41, 5.74) is 0. The number of thioether (sulfide) groups is 1. The van der Waals surface area contributed by atoms with Gasteiger partial charge in [0, 0.05) is 5.25 Å². The van der Waals surface area contributed by atoms with Crippen molar-refractivity contribution < 1.29 is 0 Å². The average molecular weight is 185 g/mol. The molecule has 0 radical (unpaired) electrons. The second-order valence-electron chi connectivity index (χ2n) is 3.45. The topological polar surface area (TPSA) is 12.4 Å². The van der Waals surface area contributed by atoms with Crippen molar-refractivity contribution in [3.8, 4) is 0 Å². The Morgan fingerprint density at radius 1 is 1.25 bits per heavy atom. The van der Waals surface area contributed by atoms with E-state index in [1.807, 2.05) is 11.8 Å². The Bertz CT molecular complexity index is 165. The molecule has 70 valence electrons. The highest BCUT2D eigenvalue weighted by molar-refractivity contribution is 8.14. The largest absolute Gasteiger partial charge is 0.279 e. The molecule has 0 spiro atoms. The molecule has 0 saturated carbocycles. The number of nitrogens with zero attached hydrogens (tertiary/aromatic N) is 1. The molecular formula is C10H19NS. The molecule has 0 fully saturated rings. The molecule has 1 rings (SSSR count). The SMILES string of the molecule is CCC[C@H]1N=C(C)S[C@@H]1CCC. The summed E-state index contributed by atoms with van der Waals surface area (Å²) in [7, 11) is 0. The van der Waals surface area contributed by atoms with Gasteiger partial charge in [0.2, 0.25) is 0 Å². The zero-order chi connectivity index (χ0) is 8.97. The van der Waals surface area contributed by atoms with Crippen LogP contribution in [0.1, 0.15) is 46.5 Å². The number of hydrogen-bond acceptors (Lipinski definition) is 2. The van der Waals surface area contributed by atoms with Crippen molar-refractivity contribution in [2.45, 2.75) is 57.7 Å². The first kappa shape index (κ1) is 10.1. The van der Waals surface area contributed by atoms with Crippen LogP contribution in [0.25, 0.3) is 0 Å². The first-order valence-electron chi connectivity index (χ1n) is 4.99. The van der Waals surface area contributed by atoms with Gasteiger partial charge in [0.05, 0.1) is 11.1 Å². The lowest BCUT2D eigenvalue weighted by Gasteiger charge is -2.14. The van der Waals surface area contributed by atoms with Gasteiger partial charge in [0.25, 0.3) is 0 Å². The van der Waals surface area contributed by atoms with E-state index in [0.717, 1.165) is 5.25 Å². The predicted molar refractivity (Wildman–Crippen MR) is 58.1 cm³/mol. The van der Waals surface area contributed by atoms with E-state index in [1.165, 1.54) is 30.7 Å². The zero-order valence-corrected chi connectivity index (χ0v) is 9.16. The van der Waals surface area contributed by atoms with Crippen LogP contribution in [0.15, 0.2) is 4.99 Å². The van der Waals surface area contributed by atoms with Gasteiger partial charge in [0.1, 0.15) is 0 Å². The lowest BCUT2D eigenvalue weighted by Crippen LogP contribution is -2.16. The molecule has 0 unspecified atom stereocenters. The van der Waals surface area contributed by atoms with Crippen LogP contribution in [0.3, 0.4) is 0 Å². The minimum Gasteiger partial charge on any atom is -0.279 e. The van der Waals surface area contributed by atoms with Crippen LogP contribution in [0.4, 0.5) is 0 Å². The summed E-state index contributed by atoms with van der Waals surface area (Å²) in [6.45, 7) is 6.65. The third-order valence-electron chi connectivity index (χ3n) is 2.26. The maximum atomic E-state index is 4.66. The van der Waals surface area contributed by atoms with Crippen LogP contribution in [-0.4, -0.2) is 16.3 Å². The molecule has 0 aromatic carbocycles. The fraction of sp³-hybridized carbons (Fsp3) is 0.900. The summed E-state index contributed by atoms with van der Waals surface area (Å²) < 4.78 is 0. The second kappa shape index (κ2) is 4.90. The first-order chi connectivity index (χ1) is 5.77. The summed E-state index contributed by atoms with van der Waals surface area (Å²) in [6, 6.07) is 0.625. The minimum atomic E-state index is 0.625. The molecule has 0 bridgehead atoms. The molecule has 0 N–H and O–H groups in total. The third kappa shape index (κ3) is 2.51. The lowest BCUT2D eigenvalue weighted by atomic mass is 10.1. The Morgan fingerprint density at radius 3 is 2.50 bits per heavy atom. The molecule has 0 amide bonds. The minimum absolute atomic E-state index is 0.625. The van der Waals surface area contributed by atoms with E-state index in [0.29, 0.717) is 6.04 Å². The van der Waals surface area contributed by atoms with E-state index < -0.39 is 0 Å². The highest BCUT2D eigenvalue weighted by atomic mass is 32.2. The van der Waals surface area contributed by atoms with Gasteiger partial charge in [-0.3, -0.25) is 4.99 Å². The Morgan fingerprint density at radius 2 is 1.92 bits per heavy atom. The van der Waals surface area contributed by atoms with Crippen molar-refractivity contribution in [2.75, 3.05) is 0 Å².